The van der Waals surface area contributed by atoms with Gasteiger partial charge in [-0.3, -0.25) is 9.59 Å². The molecule has 1 fully saturated rings. The van der Waals surface area contributed by atoms with Crippen molar-refractivity contribution in [3.05, 3.63) is 0 Å². The number of carbonyl (C=O) groups excluding carboxylic acids is 2. The van der Waals surface area contributed by atoms with E-state index in [1.54, 1.807) is 0 Å². The quantitative estimate of drug-likeness (QED) is 0.418. The highest BCUT2D eigenvalue weighted by Crippen LogP contribution is 1.96. The number of piperazine rings is 1. The molecule has 1 heterocycles. The molecule has 0 aromatic heterocycles. The number of hydrogen-bond donors (Lipinski definition) is 3. The van der Waals surface area contributed by atoms with E-state index in [2.05, 4.69) is 5.32 Å². The van der Waals surface area contributed by atoms with Crippen LogP contribution in [0.2, 0.25) is 0 Å². The van der Waals surface area contributed by atoms with Crippen LogP contribution in [0.15, 0.2) is 0 Å². The second-order valence-electron chi connectivity index (χ2n) is 2.95. The Bertz CT molecular complexity index is 219. The molecule has 13 heavy (non-hydrogen) atoms. The van der Waals surface area contributed by atoms with Crippen molar-refractivity contribution in [2.75, 3.05) is 26.2 Å². The Kier molecular flexibility index (Phi) is 3.21. The van der Waals surface area contributed by atoms with Gasteiger partial charge in [0.25, 0.3) is 0 Å². The normalized spacial score (nSPS) is 20.0. The lowest BCUT2D eigenvalue weighted by atomic mass is 10.2. The van der Waals surface area contributed by atoms with Gasteiger partial charge in [0, 0.05) is 25.7 Å². The summed E-state index contributed by atoms with van der Waals surface area (Å²) in [6.07, 6.45) is 0. The first-order valence-electron chi connectivity index (χ1n) is 4.08. The molecule has 1 aliphatic heterocycles. The third kappa shape index (κ3) is 2.40. The van der Waals surface area contributed by atoms with Crippen molar-refractivity contribution < 1.29 is 14.7 Å². The zero-order chi connectivity index (χ0) is 9.84. The van der Waals surface area contributed by atoms with Gasteiger partial charge in [-0.05, 0) is 0 Å². The average Bonchev–Trinajstić information content (AvgIpc) is 2.13. The number of carbonyl (C=O) groups is 2. The highest BCUT2D eigenvalue weighted by Gasteiger charge is 2.26. The highest BCUT2D eigenvalue weighted by molar-refractivity contribution is 6.35. The van der Waals surface area contributed by atoms with Crippen LogP contribution in [0.4, 0.5) is 0 Å². The van der Waals surface area contributed by atoms with Gasteiger partial charge in [-0.1, -0.05) is 0 Å². The van der Waals surface area contributed by atoms with E-state index >= 15 is 0 Å². The molecule has 0 saturated carbocycles. The molecule has 0 radical (unpaired) electrons. The number of rotatable bonds is 3. The van der Waals surface area contributed by atoms with Gasteiger partial charge in [0.15, 0.2) is 0 Å². The molecule has 0 bridgehead atoms. The largest absolute Gasteiger partial charge is 0.395 e. The van der Waals surface area contributed by atoms with Gasteiger partial charge < -0.3 is 21.1 Å². The van der Waals surface area contributed by atoms with Crippen LogP contribution in [-0.4, -0.2) is 54.1 Å². The molecule has 0 aromatic carbocycles. The van der Waals surface area contributed by atoms with Crippen LogP contribution in [0.25, 0.3) is 0 Å². The predicted molar refractivity (Wildman–Crippen MR) is 44.7 cm³/mol. The molecule has 0 aliphatic carbocycles. The fraction of sp³-hybridized carbons (Fsp3) is 0.714. The van der Waals surface area contributed by atoms with Crippen molar-refractivity contribution in [1.82, 2.24) is 10.2 Å². The van der Waals surface area contributed by atoms with Gasteiger partial charge in [0.1, 0.15) is 0 Å². The van der Waals surface area contributed by atoms with E-state index < -0.39 is 17.9 Å². The van der Waals surface area contributed by atoms with Crippen LogP contribution < -0.4 is 11.1 Å². The van der Waals surface area contributed by atoms with E-state index in [0.717, 1.165) is 0 Å². The van der Waals surface area contributed by atoms with Crippen molar-refractivity contribution in [3.63, 3.8) is 0 Å². The molecule has 6 nitrogen and oxygen atoms in total. The Morgan fingerprint density at radius 3 is 2.92 bits per heavy atom. The molecule has 0 aromatic rings. The van der Waals surface area contributed by atoms with Crippen LogP contribution in [0, 0.1) is 0 Å². The molecule has 6 heteroatoms. The molecule has 1 saturated heterocycles. The number of hydrogen-bond acceptors (Lipinski definition) is 4. The fourth-order valence-corrected chi connectivity index (χ4v) is 1.14. The highest BCUT2D eigenvalue weighted by atomic mass is 16.3. The first-order valence-corrected chi connectivity index (χ1v) is 4.08. The average molecular weight is 187 g/mol. The molecule has 1 rings (SSSR count). The van der Waals surface area contributed by atoms with E-state index in [-0.39, 0.29) is 13.2 Å². The Labute approximate surface area is 75.7 Å². The van der Waals surface area contributed by atoms with E-state index in [1.807, 2.05) is 0 Å². The summed E-state index contributed by atoms with van der Waals surface area (Å²) in [6, 6.07) is -0.477. The summed E-state index contributed by atoms with van der Waals surface area (Å²) in [5.74, 6) is -1.17. The smallest absolute Gasteiger partial charge is 0.311 e. The molecular formula is C7H13N3O3. The van der Waals surface area contributed by atoms with Crippen LogP contribution in [0.1, 0.15) is 0 Å². The number of nitrogens with zero attached hydrogens (tertiary/aromatic N) is 1. The molecule has 0 spiro atoms. The second kappa shape index (κ2) is 4.20. The van der Waals surface area contributed by atoms with Crippen LogP contribution in [-0.2, 0) is 9.59 Å². The van der Waals surface area contributed by atoms with E-state index in [4.69, 9.17) is 10.8 Å². The lowest BCUT2D eigenvalue weighted by Crippen LogP contribution is -2.55. The zero-order valence-corrected chi connectivity index (χ0v) is 7.19. The van der Waals surface area contributed by atoms with Crippen LogP contribution >= 0.6 is 0 Å². The van der Waals surface area contributed by atoms with E-state index in [0.29, 0.717) is 13.1 Å². The van der Waals surface area contributed by atoms with Gasteiger partial charge in [0.05, 0.1) is 6.61 Å². The molecular weight excluding hydrogens is 174 g/mol. The third-order valence-electron chi connectivity index (χ3n) is 1.84. The lowest BCUT2D eigenvalue weighted by molar-refractivity contribution is -0.148. The van der Waals surface area contributed by atoms with Gasteiger partial charge in [0.2, 0.25) is 0 Å². The van der Waals surface area contributed by atoms with Gasteiger partial charge in [-0.2, -0.15) is 0 Å². The number of amides is 2. The summed E-state index contributed by atoms with van der Waals surface area (Å²) in [7, 11) is 0. The van der Waals surface area contributed by atoms with Crippen molar-refractivity contribution in [2.45, 2.75) is 6.04 Å². The lowest BCUT2D eigenvalue weighted by Gasteiger charge is -2.28. The Hall–Kier alpha value is -1.14. The first-order chi connectivity index (χ1) is 6.15. The number of nitrogens with two attached hydrogens (primary N) is 1. The molecule has 1 aliphatic rings. The minimum Gasteiger partial charge on any atom is -0.395 e. The Morgan fingerprint density at radius 1 is 1.62 bits per heavy atom. The monoisotopic (exact) mass is 187 g/mol. The van der Waals surface area contributed by atoms with Crippen molar-refractivity contribution in [2.24, 2.45) is 5.73 Å². The number of aliphatic hydroxyl groups is 1. The van der Waals surface area contributed by atoms with E-state index in [9.17, 15) is 9.59 Å². The van der Waals surface area contributed by atoms with Crippen molar-refractivity contribution in [3.8, 4) is 0 Å². The summed E-state index contributed by atoms with van der Waals surface area (Å²) in [5.41, 5.74) is 5.44. The summed E-state index contributed by atoms with van der Waals surface area (Å²) in [4.78, 5) is 23.4. The second-order valence-corrected chi connectivity index (χ2v) is 2.95. The molecule has 4 N–H and O–H groups in total. The maximum absolute atomic E-state index is 11.2. The standard InChI is InChI=1S/C7H13N3O3/c8-5(4-11)3-10-2-1-9-6(12)7(10)13/h5,11H,1-4,8H2,(H,9,12). The predicted octanol–water partition coefficient (Wildman–Crippen LogP) is -2.74. The molecule has 2 amide bonds. The molecule has 1 atom stereocenters. The Balaban J connectivity index is 2.49. The van der Waals surface area contributed by atoms with Gasteiger partial charge in [-0.25, -0.2) is 0 Å². The van der Waals surface area contributed by atoms with E-state index in [1.165, 1.54) is 4.90 Å². The minimum atomic E-state index is -0.601. The van der Waals surface area contributed by atoms with Gasteiger partial charge >= 0.3 is 11.8 Å². The number of aliphatic hydroxyl groups excluding tert-OH is 1. The number of nitrogens with one attached hydrogen (secondary N) is 1. The van der Waals surface area contributed by atoms with Gasteiger partial charge in [-0.15, -0.1) is 0 Å². The fourth-order valence-electron chi connectivity index (χ4n) is 1.14. The molecule has 74 valence electrons. The van der Waals surface area contributed by atoms with Crippen LogP contribution in [0.3, 0.4) is 0 Å². The van der Waals surface area contributed by atoms with Crippen molar-refractivity contribution in [1.29, 1.82) is 0 Å². The molecule has 1 unspecified atom stereocenters. The third-order valence-corrected chi connectivity index (χ3v) is 1.84. The minimum absolute atomic E-state index is 0.189. The SMILES string of the molecule is NC(CO)CN1CCNC(=O)C1=O. The summed E-state index contributed by atoms with van der Waals surface area (Å²) >= 11 is 0. The van der Waals surface area contributed by atoms with Crippen molar-refractivity contribution >= 4 is 11.8 Å². The summed E-state index contributed by atoms with van der Waals surface area (Å²) in [6.45, 7) is 0.940. The maximum atomic E-state index is 11.2. The summed E-state index contributed by atoms with van der Waals surface area (Å²) < 4.78 is 0. The first kappa shape index (κ1) is 9.94. The Morgan fingerprint density at radius 2 is 2.31 bits per heavy atom. The zero-order valence-electron chi connectivity index (χ0n) is 7.19. The van der Waals surface area contributed by atoms with Crippen LogP contribution in [0.5, 0.6) is 0 Å². The topological polar surface area (TPSA) is 95.7 Å². The summed E-state index contributed by atoms with van der Waals surface area (Å²) in [5, 5.41) is 11.1. The maximum Gasteiger partial charge on any atom is 0.311 e.